The summed E-state index contributed by atoms with van der Waals surface area (Å²) in [7, 11) is 1.61. The molecule has 1 aromatic heterocycles. The first kappa shape index (κ1) is 15.1. The van der Waals surface area contributed by atoms with E-state index in [2.05, 4.69) is 19.0 Å². The highest BCUT2D eigenvalue weighted by molar-refractivity contribution is 5.87. The van der Waals surface area contributed by atoms with Crippen molar-refractivity contribution in [2.45, 2.75) is 33.1 Å². The Kier molecular flexibility index (Phi) is 4.31. The zero-order valence-electron chi connectivity index (χ0n) is 12.6. The number of rotatable bonds is 5. The van der Waals surface area contributed by atoms with Crippen LogP contribution >= 0.6 is 0 Å². The van der Waals surface area contributed by atoms with E-state index in [1.807, 2.05) is 19.1 Å². The lowest BCUT2D eigenvalue weighted by Crippen LogP contribution is -2.00. The smallest absolute Gasteiger partial charge is 0.358 e. The summed E-state index contributed by atoms with van der Waals surface area (Å²) in [6.07, 6.45) is 0.814. The molecule has 1 N–H and O–H groups in total. The third-order valence-corrected chi connectivity index (χ3v) is 3.45. The van der Waals surface area contributed by atoms with Gasteiger partial charge in [0.05, 0.1) is 12.7 Å². The Bertz CT molecular complexity index is 658. The van der Waals surface area contributed by atoms with Crippen molar-refractivity contribution in [3.63, 3.8) is 0 Å². The Morgan fingerprint density at radius 1 is 1.43 bits per heavy atom. The molecule has 0 spiro atoms. The van der Waals surface area contributed by atoms with E-state index < -0.39 is 5.97 Å². The fourth-order valence-corrected chi connectivity index (χ4v) is 2.38. The molecule has 2 rings (SSSR count). The number of aromatic carboxylic acids is 1. The summed E-state index contributed by atoms with van der Waals surface area (Å²) in [5.41, 5.74) is 2.76. The Morgan fingerprint density at radius 2 is 2.14 bits per heavy atom. The van der Waals surface area contributed by atoms with Gasteiger partial charge >= 0.3 is 5.97 Å². The Balaban J connectivity index is 2.70. The number of ether oxygens (including phenoxy) is 1. The van der Waals surface area contributed by atoms with E-state index in [0.29, 0.717) is 5.76 Å². The van der Waals surface area contributed by atoms with Gasteiger partial charge in [-0.3, -0.25) is 0 Å². The van der Waals surface area contributed by atoms with Gasteiger partial charge in [-0.2, -0.15) is 0 Å². The molecule has 21 heavy (non-hydrogen) atoms. The van der Waals surface area contributed by atoms with Crippen molar-refractivity contribution in [3.05, 3.63) is 35.0 Å². The molecular formula is C16H19NO4. The maximum absolute atomic E-state index is 11.0. The normalized spacial score (nSPS) is 10.9. The zero-order chi connectivity index (χ0) is 15.6. The van der Waals surface area contributed by atoms with E-state index in [1.165, 1.54) is 6.07 Å². The van der Waals surface area contributed by atoms with E-state index in [0.717, 1.165) is 28.9 Å². The summed E-state index contributed by atoms with van der Waals surface area (Å²) >= 11 is 0. The molecular weight excluding hydrogens is 270 g/mol. The first-order valence-corrected chi connectivity index (χ1v) is 6.89. The molecule has 0 aliphatic carbocycles. The predicted octanol–water partition coefficient (Wildman–Crippen LogP) is 3.73. The number of aromatic nitrogens is 1. The first-order chi connectivity index (χ1) is 9.99. The molecule has 5 heteroatoms. The van der Waals surface area contributed by atoms with Gasteiger partial charge in [0.1, 0.15) is 5.75 Å². The average Bonchev–Trinajstić information content (AvgIpc) is 2.94. The second-order valence-corrected chi connectivity index (χ2v) is 5.11. The molecule has 1 heterocycles. The van der Waals surface area contributed by atoms with Crippen LogP contribution in [0, 0.1) is 0 Å². The van der Waals surface area contributed by atoms with Gasteiger partial charge in [0, 0.05) is 6.07 Å². The van der Waals surface area contributed by atoms with Crippen LogP contribution in [0.15, 0.2) is 22.7 Å². The number of nitrogens with zero attached hydrogens (tertiary/aromatic N) is 1. The number of hydrogen-bond donors (Lipinski definition) is 1. The molecule has 2 aromatic rings. The zero-order valence-corrected chi connectivity index (χ0v) is 12.6. The standard InChI is InChI=1S/C16H19NO4/c1-5-10-6-7-11(9(2)3)14(15(10)20-4)13-8-12(16(18)19)17-21-13/h6-9H,5H2,1-4H3,(H,18,19). The van der Waals surface area contributed by atoms with Crippen LogP contribution in [-0.2, 0) is 6.42 Å². The number of carboxylic acid groups (broad SMARTS) is 1. The largest absolute Gasteiger partial charge is 0.496 e. The quantitative estimate of drug-likeness (QED) is 0.907. The van der Waals surface area contributed by atoms with Crippen molar-refractivity contribution in [1.29, 1.82) is 0 Å². The minimum Gasteiger partial charge on any atom is -0.496 e. The highest BCUT2D eigenvalue weighted by Crippen LogP contribution is 2.40. The molecule has 0 radical (unpaired) electrons. The van der Waals surface area contributed by atoms with Crippen LogP contribution in [0.4, 0.5) is 0 Å². The Labute approximate surface area is 123 Å². The highest BCUT2D eigenvalue weighted by atomic mass is 16.5. The van der Waals surface area contributed by atoms with Crippen molar-refractivity contribution < 1.29 is 19.2 Å². The average molecular weight is 289 g/mol. The minimum atomic E-state index is -1.11. The van der Waals surface area contributed by atoms with Gasteiger partial charge in [-0.1, -0.05) is 38.1 Å². The molecule has 0 amide bonds. The third-order valence-electron chi connectivity index (χ3n) is 3.45. The van der Waals surface area contributed by atoms with E-state index in [-0.39, 0.29) is 11.6 Å². The van der Waals surface area contributed by atoms with Crippen LogP contribution in [-0.4, -0.2) is 23.3 Å². The number of hydrogen-bond acceptors (Lipinski definition) is 4. The maximum Gasteiger partial charge on any atom is 0.358 e. The Hall–Kier alpha value is -2.30. The molecule has 0 bridgehead atoms. The summed E-state index contributed by atoms with van der Waals surface area (Å²) in [4.78, 5) is 11.0. The third kappa shape index (κ3) is 2.77. The number of carboxylic acids is 1. The van der Waals surface area contributed by atoms with Gasteiger partial charge in [0.15, 0.2) is 11.5 Å². The topological polar surface area (TPSA) is 72.6 Å². The number of carbonyl (C=O) groups is 1. The molecule has 0 atom stereocenters. The summed E-state index contributed by atoms with van der Waals surface area (Å²) in [5, 5.41) is 12.6. The van der Waals surface area contributed by atoms with Crippen LogP contribution in [0.1, 0.15) is 48.3 Å². The van der Waals surface area contributed by atoms with Gasteiger partial charge in [-0.25, -0.2) is 4.79 Å². The number of methoxy groups -OCH3 is 1. The molecule has 0 fully saturated rings. The maximum atomic E-state index is 11.0. The van der Waals surface area contributed by atoms with Gasteiger partial charge in [0.2, 0.25) is 0 Å². The van der Waals surface area contributed by atoms with Crippen molar-refractivity contribution in [3.8, 4) is 17.1 Å². The van der Waals surface area contributed by atoms with E-state index >= 15 is 0 Å². The van der Waals surface area contributed by atoms with Crippen molar-refractivity contribution in [2.75, 3.05) is 7.11 Å². The molecule has 0 saturated heterocycles. The lowest BCUT2D eigenvalue weighted by atomic mass is 9.92. The molecule has 1 aromatic carbocycles. The van der Waals surface area contributed by atoms with Crippen LogP contribution in [0.5, 0.6) is 5.75 Å². The van der Waals surface area contributed by atoms with Crippen LogP contribution in [0.2, 0.25) is 0 Å². The fraction of sp³-hybridized carbons (Fsp3) is 0.375. The minimum absolute atomic E-state index is 0.108. The van der Waals surface area contributed by atoms with Gasteiger partial charge in [-0.05, 0) is 23.5 Å². The first-order valence-electron chi connectivity index (χ1n) is 6.89. The number of benzene rings is 1. The van der Waals surface area contributed by atoms with Gasteiger partial charge in [0.25, 0.3) is 0 Å². The highest BCUT2D eigenvalue weighted by Gasteiger charge is 2.22. The SMILES string of the molecule is CCc1ccc(C(C)C)c(-c2cc(C(=O)O)no2)c1OC. The van der Waals surface area contributed by atoms with Crippen molar-refractivity contribution in [1.82, 2.24) is 5.16 Å². The summed E-state index contributed by atoms with van der Waals surface area (Å²) in [6, 6.07) is 5.50. The molecule has 0 aliphatic rings. The van der Waals surface area contributed by atoms with E-state index in [4.69, 9.17) is 14.4 Å². The fourth-order valence-electron chi connectivity index (χ4n) is 2.38. The van der Waals surface area contributed by atoms with Gasteiger partial charge < -0.3 is 14.4 Å². The number of aryl methyl sites for hydroxylation is 1. The molecule has 0 saturated carbocycles. The second kappa shape index (κ2) is 5.99. The van der Waals surface area contributed by atoms with Crippen LogP contribution in [0.3, 0.4) is 0 Å². The summed E-state index contributed by atoms with van der Waals surface area (Å²) in [6.45, 7) is 6.18. The monoisotopic (exact) mass is 289 g/mol. The van der Waals surface area contributed by atoms with Crippen molar-refractivity contribution >= 4 is 5.97 Å². The van der Waals surface area contributed by atoms with Crippen LogP contribution < -0.4 is 4.74 Å². The molecule has 0 aliphatic heterocycles. The molecule has 5 nitrogen and oxygen atoms in total. The Morgan fingerprint density at radius 3 is 2.62 bits per heavy atom. The second-order valence-electron chi connectivity index (χ2n) is 5.11. The van der Waals surface area contributed by atoms with E-state index in [9.17, 15) is 4.79 Å². The lowest BCUT2D eigenvalue weighted by Gasteiger charge is -2.17. The molecule has 0 unspecified atom stereocenters. The van der Waals surface area contributed by atoms with Gasteiger partial charge in [-0.15, -0.1) is 0 Å². The van der Waals surface area contributed by atoms with Crippen LogP contribution in [0.25, 0.3) is 11.3 Å². The molecule has 112 valence electrons. The lowest BCUT2D eigenvalue weighted by molar-refractivity contribution is 0.0686. The predicted molar refractivity (Wildman–Crippen MR) is 78.9 cm³/mol. The summed E-state index contributed by atoms with van der Waals surface area (Å²) < 4.78 is 10.8. The van der Waals surface area contributed by atoms with E-state index in [1.54, 1.807) is 7.11 Å². The van der Waals surface area contributed by atoms with Crippen molar-refractivity contribution in [2.24, 2.45) is 0 Å². The summed E-state index contributed by atoms with van der Waals surface area (Å²) in [5.74, 6) is 0.278.